The first kappa shape index (κ1) is 8.96. The van der Waals surface area contributed by atoms with E-state index < -0.39 is 0 Å². The van der Waals surface area contributed by atoms with E-state index in [4.69, 9.17) is 4.74 Å². The molecule has 0 aromatic heterocycles. The van der Waals surface area contributed by atoms with E-state index >= 15 is 0 Å². The molecule has 0 fully saturated rings. The average Bonchev–Trinajstić information content (AvgIpc) is 1.89. The Morgan fingerprint density at radius 2 is 2.00 bits per heavy atom. The van der Waals surface area contributed by atoms with E-state index in [9.17, 15) is 0 Å². The van der Waals surface area contributed by atoms with Crippen molar-refractivity contribution in [2.75, 3.05) is 6.61 Å². The standard InChI is InChI=1S/C8H18O/c1-4-6-7-9-8(3)5-2/h8H,4-7H2,1-3H3/t8-/m1/s1. The molecule has 0 spiro atoms. The lowest BCUT2D eigenvalue weighted by Crippen LogP contribution is -2.06. The topological polar surface area (TPSA) is 9.23 Å². The zero-order chi connectivity index (χ0) is 7.11. The highest BCUT2D eigenvalue weighted by molar-refractivity contribution is 4.43. The van der Waals surface area contributed by atoms with Crippen molar-refractivity contribution in [3.05, 3.63) is 0 Å². The number of ether oxygens (including phenoxy) is 1. The normalized spacial score (nSPS) is 13.7. The minimum absolute atomic E-state index is 0.455. The van der Waals surface area contributed by atoms with Crippen molar-refractivity contribution in [1.82, 2.24) is 0 Å². The Bertz CT molecular complexity index is 52.5. The summed E-state index contributed by atoms with van der Waals surface area (Å²) in [6, 6.07) is 0. The van der Waals surface area contributed by atoms with Gasteiger partial charge in [-0.1, -0.05) is 20.3 Å². The van der Waals surface area contributed by atoms with Gasteiger partial charge in [0.05, 0.1) is 6.10 Å². The zero-order valence-electron chi connectivity index (χ0n) is 6.81. The van der Waals surface area contributed by atoms with Crippen molar-refractivity contribution in [2.45, 2.75) is 46.1 Å². The minimum Gasteiger partial charge on any atom is -0.379 e. The highest BCUT2D eigenvalue weighted by Crippen LogP contribution is 1.97. The number of rotatable bonds is 5. The molecular formula is C8H18O. The van der Waals surface area contributed by atoms with Crippen molar-refractivity contribution in [1.29, 1.82) is 0 Å². The van der Waals surface area contributed by atoms with Crippen LogP contribution in [-0.2, 0) is 4.74 Å². The summed E-state index contributed by atoms with van der Waals surface area (Å²) in [4.78, 5) is 0. The van der Waals surface area contributed by atoms with Gasteiger partial charge in [-0.05, 0) is 19.8 Å². The van der Waals surface area contributed by atoms with E-state index in [1.54, 1.807) is 0 Å². The average molecular weight is 130 g/mol. The summed E-state index contributed by atoms with van der Waals surface area (Å²) in [7, 11) is 0. The van der Waals surface area contributed by atoms with Crippen LogP contribution in [0.25, 0.3) is 0 Å². The molecule has 0 N–H and O–H groups in total. The monoisotopic (exact) mass is 130 g/mol. The summed E-state index contributed by atoms with van der Waals surface area (Å²) < 4.78 is 5.43. The van der Waals surface area contributed by atoms with Crippen LogP contribution in [0.3, 0.4) is 0 Å². The fourth-order valence-electron chi connectivity index (χ4n) is 0.547. The Morgan fingerprint density at radius 1 is 1.33 bits per heavy atom. The first-order chi connectivity index (χ1) is 4.31. The Kier molecular flexibility index (Phi) is 6.06. The molecular weight excluding hydrogens is 112 g/mol. The summed E-state index contributed by atoms with van der Waals surface area (Å²) in [5, 5.41) is 0. The summed E-state index contributed by atoms with van der Waals surface area (Å²) >= 11 is 0. The quantitative estimate of drug-likeness (QED) is 0.520. The van der Waals surface area contributed by atoms with Gasteiger partial charge in [0.2, 0.25) is 0 Å². The Balaban J connectivity index is 2.88. The maximum atomic E-state index is 5.43. The van der Waals surface area contributed by atoms with Gasteiger partial charge in [-0.25, -0.2) is 0 Å². The maximum Gasteiger partial charge on any atom is 0.0544 e. The van der Waals surface area contributed by atoms with Gasteiger partial charge in [-0.2, -0.15) is 0 Å². The first-order valence-electron chi connectivity index (χ1n) is 3.92. The molecule has 0 saturated carbocycles. The van der Waals surface area contributed by atoms with Gasteiger partial charge in [0, 0.05) is 6.61 Å². The second kappa shape index (κ2) is 6.09. The Hall–Kier alpha value is -0.0400. The molecule has 0 aromatic carbocycles. The van der Waals surface area contributed by atoms with E-state index in [2.05, 4.69) is 20.8 Å². The minimum atomic E-state index is 0.455. The lowest BCUT2D eigenvalue weighted by molar-refractivity contribution is 0.0617. The van der Waals surface area contributed by atoms with E-state index in [1.807, 2.05) is 0 Å². The molecule has 0 heterocycles. The van der Waals surface area contributed by atoms with E-state index in [-0.39, 0.29) is 0 Å². The van der Waals surface area contributed by atoms with E-state index in [0.29, 0.717) is 6.10 Å². The molecule has 9 heavy (non-hydrogen) atoms. The van der Waals surface area contributed by atoms with Gasteiger partial charge in [0.1, 0.15) is 0 Å². The van der Waals surface area contributed by atoms with Crippen molar-refractivity contribution in [2.24, 2.45) is 0 Å². The van der Waals surface area contributed by atoms with Gasteiger partial charge in [0.25, 0.3) is 0 Å². The molecule has 1 nitrogen and oxygen atoms in total. The molecule has 0 saturated heterocycles. The Morgan fingerprint density at radius 3 is 2.44 bits per heavy atom. The zero-order valence-corrected chi connectivity index (χ0v) is 6.81. The second-order valence-electron chi connectivity index (χ2n) is 2.44. The second-order valence-corrected chi connectivity index (χ2v) is 2.44. The third-order valence-electron chi connectivity index (χ3n) is 1.48. The molecule has 0 amide bonds. The van der Waals surface area contributed by atoms with Crippen LogP contribution in [0, 0.1) is 0 Å². The fraction of sp³-hybridized carbons (Fsp3) is 1.00. The predicted octanol–water partition coefficient (Wildman–Crippen LogP) is 2.60. The molecule has 1 atom stereocenters. The van der Waals surface area contributed by atoms with Crippen LogP contribution in [0.5, 0.6) is 0 Å². The van der Waals surface area contributed by atoms with Crippen LogP contribution in [0.15, 0.2) is 0 Å². The number of hydrogen-bond acceptors (Lipinski definition) is 1. The lowest BCUT2D eigenvalue weighted by atomic mass is 10.3. The molecule has 0 unspecified atom stereocenters. The fourth-order valence-corrected chi connectivity index (χ4v) is 0.547. The van der Waals surface area contributed by atoms with Crippen molar-refractivity contribution < 1.29 is 4.74 Å². The summed E-state index contributed by atoms with van der Waals surface area (Å²) in [5.74, 6) is 0. The number of hydrogen-bond donors (Lipinski definition) is 0. The van der Waals surface area contributed by atoms with Gasteiger partial charge in [0.15, 0.2) is 0 Å². The van der Waals surface area contributed by atoms with E-state index in [1.165, 1.54) is 12.8 Å². The van der Waals surface area contributed by atoms with Crippen LogP contribution >= 0.6 is 0 Å². The van der Waals surface area contributed by atoms with Crippen LogP contribution in [-0.4, -0.2) is 12.7 Å². The molecule has 56 valence electrons. The summed E-state index contributed by atoms with van der Waals surface area (Å²) in [5.41, 5.74) is 0. The van der Waals surface area contributed by atoms with Crippen LogP contribution in [0.1, 0.15) is 40.0 Å². The Labute approximate surface area is 58.4 Å². The van der Waals surface area contributed by atoms with Crippen molar-refractivity contribution >= 4 is 0 Å². The van der Waals surface area contributed by atoms with E-state index in [0.717, 1.165) is 13.0 Å². The van der Waals surface area contributed by atoms with Gasteiger partial charge in [-0.3, -0.25) is 0 Å². The lowest BCUT2D eigenvalue weighted by Gasteiger charge is -2.08. The van der Waals surface area contributed by atoms with Gasteiger partial charge in [-0.15, -0.1) is 0 Å². The summed E-state index contributed by atoms with van der Waals surface area (Å²) in [6.07, 6.45) is 4.02. The highest BCUT2D eigenvalue weighted by Gasteiger charge is 1.94. The van der Waals surface area contributed by atoms with Crippen LogP contribution < -0.4 is 0 Å². The molecule has 0 aliphatic heterocycles. The van der Waals surface area contributed by atoms with Crippen LogP contribution in [0.2, 0.25) is 0 Å². The van der Waals surface area contributed by atoms with Crippen LogP contribution in [0.4, 0.5) is 0 Å². The van der Waals surface area contributed by atoms with Gasteiger partial charge < -0.3 is 4.74 Å². The molecule has 0 aliphatic rings. The maximum absolute atomic E-state index is 5.43. The number of unbranched alkanes of at least 4 members (excludes halogenated alkanes) is 1. The SMILES string of the molecule is CCCCO[C@H](C)CC. The third kappa shape index (κ3) is 5.84. The van der Waals surface area contributed by atoms with Crippen molar-refractivity contribution in [3.8, 4) is 0 Å². The predicted molar refractivity (Wildman–Crippen MR) is 40.6 cm³/mol. The smallest absolute Gasteiger partial charge is 0.0544 e. The molecule has 1 heteroatoms. The summed E-state index contributed by atoms with van der Waals surface area (Å²) in [6.45, 7) is 7.39. The third-order valence-corrected chi connectivity index (χ3v) is 1.48. The largest absolute Gasteiger partial charge is 0.379 e. The van der Waals surface area contributed by atoms with Crippen molar-refractivity contribution in [3.63, 3.8) is 0 Å². The molecule has 0 aromatic rings. The highest BCUT2D eigenvalue weighted by atomic mass is 16.5. The van der Waals surface area contributed by atoms with Gasteiger partial charge >= 0.3 is 0 Å². The molecule has 0 rings (SSSR count). The molecule has 0 bridgehead atoms. The molecule has 0 aliphatic carbocycles. The molecule has 0 radical (unpaired) electrons. The first-order valence-corrected chi connectivity index (χ1v) is 3.92.